The standard InChI is InChI=1S/C14H15ClN4O3/c1-9-18-12(19-22-9)6-13(20)17-8-14(21)16-7-10-2-4-11(15)5-3-10/h2-5H,6-8H2,1H3,(H,16,21)(H,17,20). The second-order valence-electron chi connectivity index (χ2n) is 4.59. The number of carbonyl (C=O) groups excluding carboxylic acids is 2. The van der Waals surface area contributed by atoms with Crippen molar-refractivity contribution in [2.75, 3.05) is 6.54 Å². The van der Waals surface area contributed by atoms with E-state index in [-0.39, 0.29) is 30.6 Å². The van der Waals surface area contributed by atoms with Gasteiger partial charge in [-0.2, -0.15) is 4.98 Å². The summed E-state index contributed by atoms with van der Waals surface area (Å²) < 4.78 is 4.76. The fourth-order valence-electron chi connectivity index (χ4n) is 1.66. The van der Waals surface area contributed by atoms with E-state index in [1.807, 2.05) is 12.1 Å². The van der Waals surface area contributed by atoms with Gasteiger partial charge in [-0.25, -0.2) is 0 Å². The summed E-state index contributed by atoms with van der Waals surface area (Å²) in [6.07, 6.45) is -0.0260. The van der Waals surface area contributed by atoms with Crippen LogP contribution in [-0.4, -0.2) is 28.5 Å². The van der Waals surface area contributed by atoms with Crippen molar-refractivity contribution in [2.24, 2.45) is 0 Å². The first kappa shape index (κ1) is 16.0. The lowest BCUT2D eigenvalue weighted by molar-refractivity contribution is -0.125. The van der Waals surface area contributed by atoms with E-state index >= 15 is 0 Å². The molecule has 1 aromatic carbocycles. The molecule has 7 nitrogen and oxygen atoms in total. The number of amides is 2. The third-order valence-electron chi connectivity index (χ3n) is 2.74. The van der Waals surface area contributed by atoms with Crippen molar-refractivity contribution in [1.29, 1.82) is 0 Å². The Labute approximate surface area is 132 Å². The maximum atomic E-state index is 11.6. The summed E-state index contributed by atoms with van der Waals surface area (Å²) in [5.74, 6) is 0.0510. The summed E-state index contributed by atoms with van der Waals surface area (Å²) >= 11 is 5.78. The van der Waals surface area contributed by atoms with Crippen LogP contribution in [0.5, 0.6) is 0 Å². The van der Waals surface area contributed by atoms with Crippen molar-refractivity contribution in [2.45, 2.75) is 19.9 Å². The fraction of sp³-hybridized carbons (Fsp3) is 0.286. The average Bonchev–Trinajstić information content (AvgIpc) is 2.89. The first-order chi connectivity index (χ1) is 10.5. The molecule has 2 amide bonds. The summed E-state index contributed by atoms with van der Waals surface area (Å²) in [5, 5.41) is 9.43. The molecule has 8 heteroatoms. The van der Waals surface area contributed by atoms with Gasteiger partial charge < -0.3 is 15.2 Å². The van der Waals surface area contributed by atoms with Crippen LogP contribution in [0.25, 0.3) is 0 Å². The molecule has 2 rings (SSSR count). The van der Waals surface area contributed by atoms with E-state index in [1.54, 1.807) is 19.1 Å². The van der Waals surface area contributed by atoms with Gasteiger partial charge in [0.1, 0.15) is 0 Å². The summed E-state index contributed by atoms with van der Waals surface area (Å²) in [6.45, 7) is 1.90. The van der Waals surface area contributed by atoms with E-state index in [9.17, 15) is 9.59 Å². The van der Waals surface area contributed by atoms with Gasteiger partial charge in [0.05, 0.1) is 13.0 Å². The van der Waals surface area contributed by atoms with Crippen LogP contribution in [0.3, 0.4) is 0 Å². The molecule has 2 N–H and O–H groups in total. The predicted octanol–water partition coefficient (Wildman–Crippen LogP) is 1.01. The van der Waals surface area contributed by atoms with E-state index in [2.05, 4.69) is 20.8 Å². The monoisotopic (exact) mass is 322 g/mol. The SMILES string of the molecule is Cc1nc(CC(=O)NCC(=O)NCc2ccc(Cl)cc2)no1. The molecule has 22 heavy (non-hydrogen) atoms. The fourth-order valence-corrected chi connectivity index (χ4v) is 1.79. The molecule has 0 aliphatic rings. The van der Waals surface area contributed by atoms with E-state index in [4.69, 9.17) is 16.1 Å². The lowest BCUT2D eigenvalue weighted by Gasteiger charge is -2.06. The number of aryl methyl sites for hydroxylation is 1. The molecule has 0 radical (unpaired) electrons. The lowest BCUT2D eigenvalue weighted by Crippen LogP contribution is -2.37. The van der Waals surface area contributed by atoms with Crippen LogP contribution in [0.1, 0.15) is 17.3 Å². The number of halogens is 1. The highest BCUT2D eigenvalue weighted by Gasteiger charge is 2.10. The van der Waals surface area contributed by atoms with Gasteiger partial charge in [-0.3, -0.25) is 9.59 Å². The summed E-state index contributed by atoms with van der Waals surface area (Å²) in [4.78, 5) is 27.2. The number of nitrogens with one attached hydrogen (secondary N) is 2. The summed E-state index contributed by atoms with van der Waals surface area (Å²) in [5.41, 5.74) is 0.923. The van der Waals surface area contributed by atoms with Gasteiger partial charge in [-0.05, 0) is 17.7 Å². The topological polar surface area (TPSA) is 97.1 Å². The highest BCUT2D eigenvalue weighted by atomic mass is 35.5. The van der Waals surface area contributed by atoms with Crippen LogP contribution in [0.4, 0.5) is 0 Å². The van der Waals surface area contributed by atoms with Crippen LogP contribution in [0.15, 0.2) is 28.8 Å². The molecule has 0 saturated carbocycles. The van der Waals surface area contributed by atoms with Gasteiger partial charge in [0, 0.05) is 18.5 Å². The number of aromatic nitrogens is 2. The Hall–Kier alpha value is -2.41. The second kappa shape index (κ2) is 7.56. The number of rotatable bonds is 6. The second-order valence-corrected chi connectivity index (χ2v) is 5.02. The van der Waals surface area contributed by atoms with Crippen molar-refractivity contribution in [3.8, 4) is 0 Å². The van der Waals surface area contributed by atoms with Crippen molar-refractivity contribution >= 4 is 23.4 Å². The van der Waals surface area contributed by atoms with Gasteiger partial charge in [0.2, 0.25) is 17.7 Å². The minimum atomic E-state index is -0.345. The molecule has 0 bridgehead atoms. The number of nitrogens with zero attached hydrogens (tertiary/aromatic N) is 2. The van der Waals surface area contributed by atoms with E-state index < -0.39 is 0 Å². The van der Waals surface area contributed by atoms with Gasteiger partial charge in [-0.1, -0.05) is 28.9 Å². The molecule has 0 unspecified atom stereocenters. The largest absolute Gasteiger partial charge is 0.350 e. The normalized spacial score (nSPS) is 10.3. The Bertz CT molecular complexity index is 654. The van der Waals surface area contributed by atoms with Gasteiger partial charge in [-0.15, -0.1) is 0 Å². The molecule has 0 spiro atoms. The quantitative estimate of drug-likeness (QED) is 0.827. The summed E-state index contributed by atoms with van der Waals surface area (Å²) in [6, 6.07) is 7.13. The van der Waals surface area contributed by atoms with Gasteiger partial charge in [0.15, 0.2) is 5.82 Å². The highest BCUT2D eigenvalue weighted by Crippen LogP contribution is 2.08. The molecular weight excluding hydrogens is 308 g/mol. The Kier molecular flexibility index (Phi) is 5.48. The van der Waals surface area contributed by atoms with Crippen LogP contribution < -0.4 is 10.6 Å². The minimum absolute atomic E-state index is 0.0260. The first-order valence-electron chi connectivity index (χ1n) is 6.60. The molecule has 0 aliphatic heterocycles. The van der Waals surface area contributed by atoms with Crippen molar-refractivity contribution in [3.05, 3.63) is 46.6 Å². The van der Waals surface area contributed by atoms with Gasteiger partial charge >= 0.3 is 0 Å². The smallest absolute Gasteiger partial charge is 0.239 e. The zero-order valence-corrected chi connectivity index (χ0v) is 12.7. The molecule has 0 saturated heterocycles. The number of hydrogen-bond donors (Lipinski definition) is 2. The molecule has 1 aromatic heterocycles. The molecule has 1 heterocycles. The molecule has 0 atom stereocenters. The number of benzene rings is 1. The zero-order chi connectivity index (χ0) is 15.9. The molecule has 0 aliphatic carbocycles. The molecule has 116 valence electrons. The van der Waals surface area contributed by atoms with Crippen LogP contribution in [0.2, 0.25) is 5.02 Å². The maximum absolute atomic E-state index is 11.6. The van der Waals surface area contributed by atoms with E-state index in [0.29, 0.717) is 17.5 Å². The zero-order valence-electron chi connectivity index (χ0n) is 11.9. The number of hydrogen-bond acceptors (Lipinski definition) is 5. The van der Waals surface area contributed by atoms with Crippen molar-refractivity contribution < 1.29 is 14.1 Å². The summed E-state index contributed by atoms with van der Waals surface area (Å²) in [7, 11) is 0. The van der Waals surface area contributed by atoms with E-state index in [0.717, 1.165) is 5.56 Å². The van der Waals surface area contributed by atoms with Crippen LogP contribution in [0, 0.1) is 6.92 Å². The third kappa shape index (κ3) is 5.17. The Morgan fingerprint density at radius 1 is 1.18 bits per heavy atom. The first-order valence-corrected chi connectivity index (χ1v) is 6.98. The Balaban J connectivity index is 1.68. The predicted molar refractivity (Wildman–Crippen MR) is 79.0 cm³/mol. The average molecular weight is 323 g/mol. The Morgan fingerprint density at radius 3 is 2.55 bits per heavy atom. The Morgan fingerprint density at radius 2 is 1.91 bits per heavy atom. The van der Waals surface area contributed by atoms with E-state index in [1.165, 1.54) is 0 Å². The van der Waals surface area contributed by atoms with Crippen LogP contribution in [-0.2, 0) is 22.6 Å². The maximum Gasteiger partial charge on any atom is 0.239 e. The van der Waals surface area contributed by atoms with Crippen molar-refractivity contribution in [1.82, 2.24) is 20.8 Å². The highest BCUT2D eigenvalue weighted by molar-refractivity contribution is 6.30. The van der Waals surface area contributed by atoms with Crippen LogP contribution >= 0.6 is 11.6 Å². The molecule has 2 aromatic rings. The minimum Gasteiger partial charge on any atom is -0.350 e. The lowest BCUT2D eigenvalue weighted by atomic mass is 10.2. The molecule has 0 fully saturated rings. The van der Waals surface area contributed by atoms with Gasteiger partial charge in [0.25, 0.3) is 0 Å². The number of carbonyl (C=O) groups is 2. The van der Waals surface area contributed by atoms with Crippen molar-refractivity contribution in [3.63, 3.8) is 0 Å². The molecular formula is C14H15ClN4O3. The third-order valence-corrected chi connectivity index (χ3v) is 2.99.